The highest BCUT2D eigenvalue weighted by Crippen LogP contribution is 2.18. The first-order chi connectivity index (χ1) is 8.78. The molecule has 3 heteroatoms. The van der Waals surface area contributed by atoms with Crippen molar-refractivity contribution in [3.05, 3.63) is 64.1 Å². The lowest BCUT2D eigenvalue weighted by atomic mass is 10.1. The van der Waals surface area contributed by atoms with Crippen LogP contribution >= 0.6 is 15.9 Å². The lowest BCUT2D eigenvalue weighted by Gasteiger charge is -2.07. The maximum absolute atomic E-state index is 5.69. The molecule has 0 heterocycles. The van der Waals surface area contributed by atoms with Gasteiger partial charge < -0.3 is 10.5 Å². The van der Waals surface area contributed by atoms with Crippen LogP contribution in [0.1, 0.15) is 11.1 Å². The van der Waals surface area contributed by atoms with Crippen molar-refractivity contribution in [3.63, 3.8) is 0 Å². The predicted molar refractivity (Wildman–Crippen MR) is 77.7 cm³/mol. The molecule has 0 saturated heterocycles. The smallest absolute Gasteiger partial charge is 0.120 e. The second-order valence-corrected chi connectivity index (χ2v) is 4.99. The molecule has 2 aromatic carbocycles. The molecule has 94 valence electrons. The summed E-state index contributed by atoms with van der Waals surface area (Å²) in [5, 5.41) is 0. The fraction of sp³-hybridized carbons (Fsp3) is 0.200. The molecule has 0 aromatic heterocycles. The molecule has 0 saturated carbocycles. The third kappa shape index (κ3) is 3.86. The number of ether oxygens (including phenoxy) is 1. The van der Waals surface area contributed by atoms with E-state index in [4.69, 9.17) is 10.5 Å². The van der Waals surface area contributed by atoms with Gasteiger partial charge in [0.2, 0.25) is 0 Å². The first kappa shape index (κ1) is 13.1. The summed E-state index contributed by atoms with van der Waals surface area (Å²) < 4.78 is 6.73. The fourth-order valence-corrected chi connectivity index (χ4v) is 2.06. The van der Waals surface area contributed by atoms with E-state index in [2.05, 4.69) is 40.2 Å². The number of nitrogens with two attached hydrogens (primary N) is 1. The third-order valence-corrected chi connectivity index (χ3v) is 3.21. The summed E-state index contributed by atoms with van der Waals surface area (Å²) in [6, 6.07) is 16.2. The Morgan fingerprint density at radius 3 is 2.39 bits per heavy atom. The lowest BCUT2D eigenvalue weighted by molar-refractivity contribution is 0.322. The topological polar surface area (TPSA) is 35.2 Å². The predicted octanol–water partition coefficient (Wildman–Crippen LogP) is 3.53. The maximum atomic E-state index is 5.69. The minimum Gasteiger partial charge on any atom is -0.493 e. The number of hydrogen-bond acceptors (Lipinski definition) is 2. The Balaban J connectivity index is 1.84. The summed E-state index contributed by atoms with van der Waals surface area (Å²) in [6.45, 7) is 1.27. The summed E-state index contributed by atoms with van der Waals surface area (Å²) in [7, 11) is 0. The van der Waals surface area contributed by atoms with Crippen LogP contribution in [0.25, 0.3) is 0 Å². The van der Waals surface area contributed by atoms with Gasteiger partial charge in [-0.2, -0.15) is 0 Å². The van der Waals surface area contributed by atoms with Crippen LogP contribution in [-0.4, -0.2) is 6.61 Å². The van der Waals surface area contributed by atoms with Crippen molar-refractivity contribution in [2.45, 2.75) is 13.0 Å². The molecule has 18 heavy (non-hydrogen) atoms. The van der Waals surface area contributed by atoms with Crippen LogP contribution in [0.2, 0.25) is 0 Å². The minimum absolute atomic E-state index is 0.592. The summed E-state index contributed by atoms with van der Waals surface area (Å²) >= 11 is 3.42. The number of halogens is 1. The van der Waals surface area contributed by atoms with E-state index >= 15 is 0 Å². The lowest BCUT2D eigenvalue weighted by Crippen LogP contribution is -2.02. The third-order valence-electron chi connectivity index (χ3n) is 2.71. The molecule has 2 rings (SSSR count). The van der Waals surface area contributed by atoms with Crippen LogP contribution in [0.15, 0.2) is 53.0 Å². The molecule has 2 aromatic rings. The van der Waals surface area contributed by atoms with Crippen molar-refractivity contribution >= 4 is 15.9 Å². The Labute approximate surface area is 116 Å². The zero-order valence-corrected chi connectivity index (χ0v) is 11.7. The van der Waals surface area contributed by atoms with E-state index in [0.29, 0.717) is 13.2 Å². The van der Waals surface area contributed by atoms with Gasteiger partial charge in [0.25, 0.3) is 0 Å². The summed E-state index contributed by atoms with van der Waals surface area (Å²) in [5.41, 5.74) is 7.99. The molecule has 0 bridgehead atoms. The highest BCUT2D eigenvalue weighted by Gasteiger charge is 1.97. The van der Waals surface area contributed by atoms with Gasteiger partial charge in [-0.1, -0.05) is 46.3 Å². The molecule has 0 radical (unpaired) electrons. The van der Waals surface area contributed by atoms with Gasteiger partial charge in [0.15, 0.2) is 0 Å². The van der Waals surface area contributed by atoms with Gasteiger partial charge in [0.1, 0.15) is 5.75 Å². The Morgan fingerprint density at radius 1 is 1.00 bits per heavy atom. The second-order valence-electron chi connectivity index (χ2n) is 4.08. The van der Waals surface area contributed by atoms with Crippen LogP contribution in [-0.2, 0) is 13.0 Å². The van der Waals surface area contributed by atoms with Gasteiger partial charge in [0.05, 0.1) is 6.61 Å². The van der Waals surface area contributed by atoms with E-state index in [-0.39, 0.29) is 0 Å². The molecular formula is C15H16BrNO. The van der Waals surface area contributed by atoms with Gasteiger partial charge in [-0.25, -0.2) is 0 Å². The molecular weight excluding hydrogens is 290 g/mol. The molecule has 2 nitrogen and oxygen atoms in total. The summed E-state index contributed by atoms with van der Waals surface area (Å²) in [5.74, 6) is 0.892. The first-order valence-corrected chi connectivity index (χ1v) is 6.73. The average molecular weight is 306 g/mol. The van der Waals surface area contributed by atoms with Crippen LogP contribution in [0.3, 0.4) is 0 Å². The maximum Gasteiger partial charge on any atom is 0.120 e. The van der Waals surface area contributed by atoms with Crippen LogP contribution in [0.5, 0.6) is 5.75 Å². The van der Waals surface area contributed by atoms with Crippen molar-refractivity contribution in [3.8, 4) is 5.75 Å². The molecule has 0 aliphatic heterocycles. The molecule has 0 fully saturated rings. The summed E-state index contributed by atoms with van der Waals surface area (Å²) in [4.78, 5) is 0. The van der Waals surface area contributed by atoms with Gasteiger partial charge in [-0.3, -0.25) is 0 Å². The van der Waals surface area contributed by atoms with Crippen molar-refractivity contribution in [1.82, 2.24) is 0 Å². The second kappa shape index (κ2) is 6.57. The van der Waals surface area contributed by atoms with Crippen molar-refractivity contribution < 1.29 is 4.74 Å². The Kier molecular flexibility index (Phi) is 4.79. The number of benzene rings is 2. The number of rotatable bonds is 5. The Morgan fingerprint density at radius 2 is 1.72 bits per heavy atom. The van der Waals surface area contributed by atoms with E-state index in [1.54, 1.807) is 0 Å². The quantitative estimate of drug-likeness (QED) is 0.917. The molecule has 2 N–H and O–H groups in total. The average Bonchev–Trinajstić information content (AvgIpc) is 2.40. The normalized spacial score (nSPS) is 10.3. The molecule has 0 aliphatic carbocycles. The Hall–Kier alpha value is -1.32. The van der Waals surface area contributed by atoms with Gasteiger partial charge in [-0.15, -0.1) is 0 Å². The van der Waals surface area contributed by atoms with Crippen LogP contribution in [0.4, 0.5) is 0 Å². The van der Waals surface area contributed by atoms with E-state index in [9.17, 15) is 0 Å². The highest BCUT2D eigenvalue weighted by molar-refractivity contribution is 9.10. The van der Waals surface area contributed by atoms with E-state index in [1.807, 2.05) is 24.3 Å². The first-order valence-electron chi connectivity index (χ1n) is 5.94. The summed E-state index contributed by atoms with van der Waals surface area (Å²) in [6.07, 6.45) is 0.900. The van der Waals surface area contributed by atoms with Gasteiger partial charge in [-0.05, 0) is 29.3 Å². The van der Waals surface area contributed by atoms with Crippen molar-refractivity contribution in [2.24, 2.45) is 5.73 Å². The van der Waals surface area contributed by atoms with E-state index in [1.165, 1.54) is 5.56 Å². The zero-order chi connectivity index (χ0) is 12.8. The van der Waals surface area contributed by atoms with E-state index < -0.39 is 0 Å². The SMILES string of the molecule is NCc1ccc(CCOc2cccc(Br)c2)cc1. The molecule has 0 unspecified atom stereocenters. The monoisotopic (exact) mass is 305 g/mol. The molecule has 0 atom stereocenters. The standard InChI is InChI=1S/C15H16BrNO/c16-14-2-1-3-15(10-14)18-9-8-12-4-6-13(11-17)7-5-12/h1-7,10H,8-9,11,17H2. The molecule has 0 aliphatic rings. The largest absolute Gasteiger partial charge is 0.493 e. The molecule has 0 spiro atoms. The van der Waals surface area contributed by atoms with Crippen molar-refractivity contribution in [1.29, 1.82) is 0 Å². The number of hydrogen-bond donors (Lipinski definition) is 1. The van der Waals surface area contributed by atoms with Gasteiger partial charge in [0, 0.05) is 17.4 Å². The van der Waals surface area contributed by atoms with Crippen LogP contribution < -0.4 is 10.5 Å². The fourth-order valence-electron chi connectivity index (χ4n) is 1.69. The van der Waals surface area contributed by atoms with E-state index in [0.717, 1.165) is 22.2 Å². The zero-order valence-electron chi connectivity index (χ0n) is 10.1. The Bertz CT molecular complexity index is 496. The van der Waals surface area contributed by atoms with Gasteiger partial charge >= 0.3 is 0 Å². The molecule has 0 amide bonds. The van der Waals surface area contributed by atoms with Crippen LogP contribution in [0, 0.1) is 0 Å². The van der Waals surface area contributed by atoms with Crippen molar-refractivity contribution in [2.75, 3.05) is 6.61 Å². The highest BCUT2D eigenvalue weighted by atomic mass is 79.9. The minimum atomic E-state index is 0.592.